The van der Waals surface area contributed by atoms with Crippen LogP contribution in [0.5, 0.6) is 5.75 Å². The largest absolute Gasteiger partial charge is 0.435 e. The van der Waals surface area contributed by atoms with Gasteiger partial charge in [-0.15, -0.1) is 0 Å². The zero-order valence-electron chi connectivity index (χ0n) is 16.4. The molecule has 3 rings (SSSR count). The molecular formula is C21H24F2N4O3. The van der Waals surface area contributed by atoms with E-state index in [2.05, 4.69) is 20.3 Å². The summed E-state index contributed by atoms with van der Waals surface area (Å²) in [4.78, 5) is 28.4. The van der Waals surface area contributed by atoms with Gasteiger partial charge >= 0.3 is 6.61 Å². The van der Waals surface area contributed by atoms with Gasteiger partial charge in [-0.05, 0) is 36.4 Å². The number of amides is 2. The van der Waals surface area contributed by atoms with Crippen LogP contribution in [0.4, 0.5) is 20.2 Å². The molecule has 1 fully saturated rings. The lowest BCUT2D eigenvalue weighted by molar-refractivity contribution is -0.120. The Morgan fingerprint density at radius 2 is 1.27 bits per heavy atom. The Morgan fingerprint density at radius 3 is 1.73 bits per heavy atom. The number of halogens is 2. The summed E-state index contributed by atoms with van der Waals surface area (Å²) >= 11 is 0. The number of alkyl halides is 2. The molecule has 30 heavy (non-hydrogen) atoms. The van der Waals surface area contributed by atoms with Crippen LogP contribution in [-0.4, -0.2) is 67.5 Å². The maximum absolute atomic E-state index is 12.2. The molecule has 1 aliphatic rings. The minimum atomic E-state index is -2.88. The summed E-state index contributed by atoms with van der Waals surface area (Å²) in [6.45, 7) is 0.375. The maximum atomic E-state index is 12.2. The first kappa shape index (κ1) is 21.7. The van der Waals surface area contributed by atoms with Gasteiger partial charge in [0, 0.05) is 37.6 Å². The number of anilines is 2. The van der Waals surface area contributed by atoms with E-state index in [1.807, 2.05) is 35.2 Å². The number of hydrogen-bond donors (Lipinski definition) is 2. The Bertz CT molecular complexity index is 826. The number of carbonyl (C=O) groups is 2. The fraction of sp³-hybridized carbons (Fsp3) is 0.333. The number of hydrogen-bond acceptors (Lipinski definition) is 5. The van der Waals surface area contributed by atoms with Gasteiger partial charge in [-0.3, -0.25) is 19.4 Å². The molecule has 2 aromatic carbocycles. The van der Waals surface area contributed by atoms with Gasteiger partial charge in [0.15, 0.2) is 0 Å². The van der Waals surface area contributed by atoms with E-state index in [4.69, 9.17) is 0 Å². The van der Waals surface area contributed by atoms with Crippen LogP contribution >= 0.6 is 0 Å². The van der Waals surface area contributed by atoms with Crippen LogP contribution in [0, 0.1) is 0 Å². The predicted octanol–water partition coefficient (Wildman–Crippen LogP) is 2.48. The molecule has 0 saturated carbocycles. The molecule has 1 heterocycles. The third-order valence-corrected chi connectivity index (χ3v) is 4.62. The van der Waals surface area contributed by atoms with Crippen molar-refractivity contribution in [2.24, 2.45) is 0 Å². The topological polar surface area (TPSA) is 73.9 Å². The Labute approximate surface area is 173 Å². The van der Waals surface area contributed by atoms with Crippen molar-refractivity contribution in [2.75, 3.05) is 49.9 Å². The maximum Gasteiger partial charge on any atom is 0.387 e. The van der Waals surface area contributed by atoms with Gasteiger partial charge in [-0.25, -0.2) is 0 Å². The average Bonchev–Trinajstić information content (AvgIpc) is 2.71. The minimum Gasteiger partial charge on any atom is -0.435 e. The third-order valence-electron chi connectivity index (χ3n) is 4.62. The lowest BCUT2D eigenvalue weighted by atomic mass is 10.2. The second-order valence-corrected chi connectivity index (χ2v) is 6.92. The molecule has 2 N–H and O–H groups in total. The van der Waals surface area contributed by atoms with Crippen LogP contribution in [0.1, 0.15) is 0 Å². The molecule has 0 unspecified atom stereocenters. The number of benzene rings is 2. The number of ether oxygens (including phenoxy) is 1. The normalized spacial score (nSPS) is 15.0. The van der Waals surface area contributed by atoms with Crippen LogP contribution in [-0.2, 0) is 9.59 Å². The molecule has 160 valence electrons. The molecule has 0 aliphatic carbocycles. The number of carbonyl (C=O) groups excluding carboxylic acids is 2. The SMILES string of the molecule is O=C(CN1CCN(CC(=O)Nc2ccc(OC(F)F)cc2)CC1)Nc1ccccc1. The Morgan fingerprint density at radius 1 is 0.800 bits per heavy atom. The first-order valence-electron chi connectivity index (χ1n) is 9.62. The summed E-state index contributed by atoms with van der Waals surface area (Å²) in [6.07, 6.45) is 0. The average molecular weight is 418 g/mol. The quantitative estimate of drug-likeness (QED) is 0.689. The number of piperazine rings is 1. The van der Waals surface area contributed by atoms with Gasteiger partial charge in [0.05, 0.1) is 13.1 Å². The molecule has 0 bridgehead atoms. The van der Waals surface area contributed by atoms with Crippen molar-refractivity contribution >= 4 is 23.2 Å². The van der Waals surface area contributed by atoms with E-state index in [9.17, 15) is 18.4 Å². The van der Waals surface area contributed by atoms with E-state index >= 15 is 0 Å². The molecule has 9 heteroatoms. The Hall–Kier alpha value is -3.04. The fourth-order valence-electron chi connectivity index (χ4n) is 3.15. The predicted molar refractivity (Wildman–Crippen MR) is 110 cm³/mol. The highest BCUT2D eigenvalue weighted by atomic mass is 19.3. The highest BCUT2D eigenvalue weighted by Gasteiger charge is 2.20. The summed E-state index contributed by atoms with van der Waals surface area (Å²) < 4.78 is 28.6. The van der Waals surface area contributed by atoms with Crippen LogP contribution in [0.15, 0.2) is 54.6 Å². The van der Waals surface area contributed by atoms with E-state index in [0.717, 1.165) is 5.69 Å². The molecule has 0 spiro atoms. The molecule has 0 radical (unpaired) electrons. The fourth-order valence-corrected chi connectivity index (χ4v) is 3.15. The van der Waals surface area contributed by atoms with Crippen molar-refractivity contribution < 1.29 is 23.1 Å². The van der Waals surface area contributed by atoms with Crippen molar-refractivity contribution in [1.82, 2.24) is 9.80 Å². The highest BCUT2D eigenvalue weighted by molar-refractivity contribution is 5.92. The standard InChI is InChI=1S/C21H24F2N4O3/c22-21(23)30-18-8-6-17(7-9-18)25-20(29)15-27-12-10-26(11-13-27)14-19(28)24-16-4-2-1-3-5-16/h1-9,21H,10-15H2,(H,24,28)(H,25,29). The molecule has 1 saturated heterocycles. The number of nitrogens with zero attached hydrogens (tertiary/aromatic N) is 2. The Balaban J connectivity index is 1.36. The number of nitrogens with one attached hydrogen (secondary N) is 2. The van der Waals surface area contributed by atoms with Gasteiger partial charge in [0.25, 0.3) is 0 Å². The van der Waals surface area contributed by atoms with Gasteiger partial charge < -0.3 is 15.4 Å². The van der Waals surface area contributed by atoms with Crippen molar-refractivity contribution in [3.8, 4) is 5.75 Å². The van der Waals surface area contributed by atoms with E-state index in [0.29, 0.717) is 38.4 Å². The first-order chi connectivity index (χ1) is 14.5. The summed E-state index contributed by atoms with van der Waals surface area (Å²) in [5.41, 5.74) is 1.28. The van der Waals surface area contributed by atoms with Gasteiger partial charge in [0.2, 0.25) is 11.8 Å². The molecule has 2 amide bonds. The van der Waals surface area contributed by atoms with Gasteiger partial charge in [-0.2, -0.15) is 8.78 Å². The lowest BCUT2D eigenvalue weighted by Gasteiger charge is -2.33. The molecule has 1 aliphatic heterocycles. The van der Waals surface area contributed by atoms with Crippen LogP contribution < -0.4 is 15.4 Å². The summed E-state index contributed by atoms with van der Waals surface area (Å²) in [5, 5.41) is 5.60. The Kier molecular flexibility index (Phi) is 7.69. The second-order valence-electron chi connectivity index (χ2n) is 6.92. The van der Waals surface area contributed by atoms with Crippen LogP contribution in [0.25, 0.3) is 0 Å². The monoisotopic (exact) mass is 418 g/mol. The second kappa shape index (κ2) is 10.7. The number of rotatable bonds is 8. The third kappa shape index (κ3) is 7.09. The zero-order chi connectivity index (χ0) is 21.3. The van der Waals surface area contributed by atoms with E-state index in [1.54, 1.807) is 0 Å². The van der Waals surface area contributed by atoms with Gasteiger partial charge in [-0.1, -0.05) is 18.2 Å². The number of para-hydroxylation sites is 1. The van der Waals surface area contributed by atoms with Gasteiger partial charge in [0.1, 0.15) is 5.75 Å². The molecule has 0 atom stereocenters. The van der Waals surface area contributed by atoms with E-state index in [-0.39, 0.29) is 24.1 Å². The molecule has 0 aromatic heterocycles. The van der Waals surface area contributed by atoms with Crippen molar-refractivity contribution in [3.63, 3.8) is 0 Å². The van der Waals surface area contributed by atoms with Crippen molar-refractivity contribution in [2.45, 2.75) is 6.61 Å². The summed E-state index contributed by atoms with van der Waals surface area (Å²) in [7, 11) is 0. The zero-order valence-corrected chi connectivity index (χ0v) is 16.4. The van der Waals surface area contributed by atoms with Crippen molar-refractivity contribution in [1.29, 1.82) is 0 Å². The smallest absolute Gasteiger partial charge is 0.387 e. The molecule has 7 nitrogen and oxygen atoms in total. The minimum absolute atomic E-state index is 0.0374. The first-order valence-corrected chi connectivity index (χ1v) is 9.62. The van der Waals surface area contributed by atoms with Crippen LogP contribution in [0.3, 0.4) is 0 Å². The van der Waals surface area contributed by atoms with Crippen molar-refractivity contribution in [3.05, 3.63) is 54.6 Å². The molecule has 2 aromatic rings. The highest BCUT2D eigenvalue weighted by Crippen LogP contribution is 2.17. The van der Waals surface area contributed by atoms with E-state index in [1.165, 1.54) is 24.3 Å². The van der Waals surface area contributed by atoms with Crippen LogP contribution in [0.2, 0.25) is 0 Å². The van der Waals surface area contributed by atoms with E-state index < -0.39 is 6.61 Å². The summed E-state index contributed by atoms with van der Waals surface area (Å²) in [5.74, 6) is -0.213. The lowest BCUT2D eigenvalue weighted by Crippen LogP contribution is -2.50. The molecular weight excluding hydrogens is 394 g/mol. The summed E-state index contributed by atoms with van der Waals surface area (Å²) in [6, 6.07) is 15.1.